The SMILES string of the molecule is C=C(O)[C@@H]1C[C@@H](O)CN1C(=O)OCc1ccccc1. The molecule has 2 N–H and O–H groups in total. The summed E-state index contributed by atoms with van der Waals surface area (Å²) >= 11 is 0. The smallest absolute Gasteiger partial charge is 0.410 e. The molecular weight excluding hydrogens is 246 g/mol. The molecule has 5 nitrogen and oxygen atoms in total. The summed E-state index contributed by atoms with van der Waals surface area (Å²) in [5, 5.41) is 19.0. The predicted molar refractivity (Wildman–Crippen MR) is 69.5 cm³/mol. The van der Waals surface area contributed by atoms with Gasteiger partial charge in [-0.2, -0.15) is 0 Å². The second kappa shape index (κ2) is 5.75. The standard InChI is InChI=1S/C14H17NO4/c1-10(16)13-7-12(17)8-15(13)14(18)19-9-11-5-3-2-4-6-11/h2-6,12-13,16-17H,1,7-9H2/t12-,13+/m1/s1. The van der Waals surface area contributed by atoms with Crippen molar-refractivity contribution in [1.29, 1.82) is 0 Å². The first-order valence-electron chi connectivity index (χ1n) is 6.11. The molecule has 2 atom stereocenters. The zero-order valence-electron chi connectivity index (χ0n) is 10.5. The van der Waals surface area contributed by atoms with Gasteiger partial charge in [0.1, 0.15) is 12.4 Å². The normalized spacial score (nSPS) is 22.3. The summed E-state index contributed by atoms with van der Waals surface area (Å²) in [7, 11) is 0. The Labute approximate surface area is 111 Å². The topological polar surface area (TPSA) is 70.0 Å². The van der Waals surface area contributed by atoms with Gasteiger partial charge in [0, 0.05) is 6.42 Å². The number of aliphatic hydroxyl groups excluding tert-OH is 2. The number of benzene rings is 1. The van der Waals surface area contributed by atoms with Crippen LogP contribution in [0.15, 0.2) is 42.7 Å². The molecule has 0 aliphatic carbocycles. The van der Waals surface area contributed by atoms with Gasteiger partial charge in [-0.3, -0.25) is 4.90 Å². The second-order valence-corrected chi connectivity index (χ2v) is 4.59. The van der Waals surface area contributed by atoms with Crippen LogP contribution >= 0.6 is 0 Å². The lowest BCUT2D eigenvalue weighted by molar-refractivity contribution is 0.0865. The summed E-state index contributed by atoms with van der Waals surface area (Å²) in [6.45, 7) is 3.73. The highest BCUT2D eigenvalue weighted by molar-refractivity contribution is 5.69. The number of carbonyl (C=O) groups is 1. The summed E-state index contributed by atoms with van der Waals surface area (Å²) in [5.41, 5.74) is 0.884. The summed E-state index contributed by atoms with van der Waals surface area (Å²) in [4.78, 5) is 13.2. The van der Waals surface area contributed by atoms with Crippen molar-refractivity contribution in [3.63, 3.8) is 0 Å². The van der Waals surface area contributed by atoms with Crippen molar-refractivity contribution in [3.8, 4) is 0 Å². The quantitative estimate of drug-likeness (QED) is 0.816. The van der Waals surface area contributed by atoms with Gasteiger partial charge in [0.05, 0.1) is 18.7 Å². The Bertz CT molecular complexity index is 460. The number of aliphatic hydroxyl groups is 2. The molecule has 2 rings (SSSR count). The molecule has 0 saturated carbocycles. The van der Waals surface area contributed by atoms with Crippen molar-refractivity contribution in [3.05, 3.63) is 48.2 Å². The minimum atomic E-state index is -0.654. The number of ether oxygens (including phenoxy) is 1. The van der Waals surface area contributed by atoms with Crippen molar-refractivity contribution in [2.75, 3.05) is 6.54 Å². The first-order chi connectivity index (χ1) is 9.08. The molecule has 1 aromatic carbocycles. The van der Waals surface area contributed by atoms with E-state index in [0.717, 1.165) is 5.56 Å². The number of rotatable bonds is 3. The van der Waals surface area contributed by atoms with Gasteiger partial charge < -0.3 is 14.9 Å². The Hall–Kier alpha value is -2.01. The Morgan fingerprint density at radius 1 is 1.42 bits per heavy atom. The largest absolute Gasteiger partial charge is 0.511 e. The van der Waals surface area contributed by atoms with Crippen molar-refractivity contribution in [2.45, 2.75) is 25.2 Å². The van der Waals surface area contributed by atoms with Crippen LogP contribution in [-0.2, 0) is 11.3 Å². The Kier molecular flexibility index (Phi) is 4.06. The lowest BCUT2D eigenvalue weighted by atomic mass is 10.2. The highest BCUT2D eigenvalue weighted by Gasteiger charge is 2.37. The van der Waals surface area contributed by atoms with Crippen LogP contribution in [0.5, 0.6) is 0 Å². The van der Waals surface area contributed by atoms with Gasteiger partial charge in [-0.05, 0) is 5.56 Å². The third kappa shape index (κ3) is 3.26. The van der Waals surface area contributed by atoms with Crippen molar-refractivity contribution in [2.24, 2.45) is 0 Å². The number of likely N-dealkylation sites (tertiary alicyclic amines) is 1. The van der Waals surface area contributed by atoms with E-state index < -0.39 is 18.2 Å². The van der Waals surface area contributed by atoms with Gasteiger partial charge in [0.25, 0.3) is 0 Å². The molecule has 1 aliphatic heterocycles. The van der Waals surface area contributed by atoms with Gasteiger partial charge in [-0.15, -0.1) is 0 Å². The number of hydrogen-bond acceptors (Lipinski definition) is 4. The fourth-order valence-electron chi connectivity index (χ4n) is 2.13. The molecule has 1 fully saturated rings. The molecule has 0 bridgehead atoms. The van der Waals surface area contributed by atoms with E-state index in [0.29, 0.717) is 0 Å². The third-order valence-electron chi connectivity index (χ3n) is 3.10. The second-order valence-electron chi connectivity index (χ2n) is 4.59. The lowest BCUT2D eigenvalue weighted by Crippen LogP contribution is -2.37. The van der Waals surface area contributed by atoms with Crippen LogP contribution in [-0.4, -0.2) is 39.9 Å². The van der Waals surface area contributed by atoms with Crippen molar-refractivity contribution >= 4 is 6.09 Å². The number of β-amino-alcohol motifs (C(OH)–C–C–N with tert-alkyl or cyclic N) is 1. The zero-order chi connectivity index (χ0) is 13.8. The number of hydrogen-bond donors (Lipinski definition) is 2. The molecule has 1 aliphatic rings. The summed E-state index contributed by atoms with van der Waals surface area (Å²) in [6, 6.07) is 8.75. The van der Waals surface area contributed by atoms with Crippen LogP contribution in [0, 0.1) is 0 Å². The molecule has 102 valence electrons. The summed E-state index contributed by atoms with van der Waals surface area (Å²) in [6.07, 6.45) is -0.922. The maximum atomic E-state index is 11.9. The van der Waals surface area contributed by atoms with E-state index in [2.05, 4.69) is 6.58 Å². The van der Waals surface area contributed by atoms with Gasteiger partial charge in [-0.1, -0.05) is 36.9 Å². The van der Waals surface area contributed by atoms with Crippen LogP contribution in [0.25, 0.3) is 0 Å². The van der Waals surface area contributed by atoms with E-state index in [1.54, 1.807) is 0 Å². The molecule has 0 spiro atoms. The Morgan fingerprint density at radius 2 is 2.11 bits per heavy atom. The highest BCUT2D eigenvalue weighted by atomic mass is 16.6. The maximum absolute atomic E-state index is 11.9. The van der Waals surface area contributed by atoms with Gasteiger partial charge >= 0.3 is 6.09 Å². The van der Waals surface area contributed by atoms with E-state index in [4.69, 9.17) is 4.74 Å². The third-order valence-corrected chi connectivity index (χ3v) is 3.10. The maximum Gasteiger partial charge on any atom is 0.410 e. The zero-order valence-corrected chi connectivity index (χ0v) is 10.5. The van der Waals surface area contributed by atoms with Crippen LogP contribution < -0.4 is 0 Å². The number of nitrogens with zero attached hydrogens (tertiary/aromatic N) is 1. The average molecular weight is 263 g/mol. The molecule has 0 aromatic heterocycles. The van der Waals surface area contributed by atoms with Crippen molar-refractivity contribution < 1.29 is 19.7 Å². The first kappa shape index (κ1) is 13.4. The number of amides is 1. The molecule has 0 radical (unpaired) electrons. The fourth-order valence-corrected chi connectivity index (χ4v) is 2.13. The molecular formula is C14H17NO4. The van der Waals surface area contributed by atoms with Gasteiger partial charge in [-0.25, -0.2) is 4.79 Å². The Morgan fingerprint density at radius 3 is 2.74 bits per heavy atom. The molecule has 5 heteroatoms. The fraction of sp³-hybridized carbons (Fsp3) is 0.357. The van der Waals surface area contributed by atoms with E-state index in [-0.39, 0.29) is 25.3 Å². The minimum Gasteiger partial charge on any atom is -0.511 e. The van der Waals surface area contributed by atoms with E-state index in [9.17, 15) is 15.0 Å². The molecule has 1 amide bonds. The van der Waals surface area contributed by atoms with E-state index in [1.165, 1.54) is 4.90 Å². The monoisotopic (exact) mass is 263 g/mol. The molecule has 1 saturated heterocycles. The first-order valence-corrected chi connectivity index (χ1v) is 6.11. The number of carbonyl (C=O) groups excluding carboxylic acids is 1. The molecule has 0 unspecified atom stereocenters. The lowest BCUT2D eigenvalue weighted by Gasteiger charge is -2.22. The predicted octanol–water partition coefficient (Wildman–Crippen LogP) is 1.83. The van der Waals surface area contributed by atoms with E-state index in [1.807, 2.05) is 30.3 Å². The van der Waals surface area contributed by atoms with Crippen LogP contribution in [0.4, 0.5) is 4.79 Å². The molecule has 1 aromatic rings. The van der Waals surface area contributed by atoms with Crippen molar-refractivity contribution in [1.82, 2.24) is 4.90 Å². The van der Waals surface area contributed by atoms with Gasteiger partial charge in [0.15, 0.2) is 0 Å². The van der Waals surface area contributed by atoms with Crippen LogP contribution in [0.1, 0.15) is 12.0 Å². The summed E-state index contributed by atoms with van der Waals surface area (Å²) < 4.78 is 5.16. The Balaban J connectivity index is 1.94. The minimum absolute atomic E-state index is 0.131. The van der Waals surface area contributed by atoms with Gasteiger partial charge in [0.2, 0.25) is 0 Å². The molecule has 19 heavy (non-hydrogen) atoms. The summed E-state index contributed by atoms with van der Waals surface area (Å²) in [5.74, 6) is -0.131. The van der Waals surface area contributed by atoms with E-state index >= 15 is 0 Å². The van der Waals surface area contributed by atoms with Crippen LogP contribution in [0.3, 0.4) is 0 Å². The molecule has 1 heterocycles. The average Bonchev–Trinajstić information content (AvgIpc) is 2.79. The van der Waals surface area contributed by atoms with Crippen LogP contribution in [0.2, 0.25) is 0 Å². The highest BCUT2D eigenvalue weighted by Crippen LogP contribution is 2.23.